The second-order valence-corrected chi connectivity index (χ2v) is 8.29. The van der Waals surface area contributed by atoms with E-state index in [0.29, 0.717) is 17.1 Å². The van der Waals surface area contributed by atoms with E-state index in [1.165, 1.54) is 25.3 Å². The van der Waals surface area contributed by atoms with E-state index in [-0.39, 0.29) is 47.1 Å². The molecule has 0 aliphatic heterocycles. The monoisotopic (exact) mass is 488 g/mol. The number of methoxy groups -OCH3 is 1. The van der Waals surface area contributed by atoms with Crippen LogP contribution in [0, 0.1) is 11.7 Å². The Kier molecular flexibility index (Phi) is 7.36. The number of Topliss-reactive ketones (excluding diaryl/α,β-unsaturated/α-hetero) is 1. The normalized spacial score (nSPS) is 17.7. The van der Waals surface area contributed by atoms with E-state index in [4.69, 9.17) is 25.5 Å². The summed E-state index contributed by atoms with van der Waals surface area (Å²) < 4.78 is 29.3. The number of carbonyl (C=O) groups is 2. The first-order valence-electron chi connectivity index (χ1n) is 10.7. The summed E-state index contributed by atoms with van der Waals surface area (Å²) in [5.41, 5.74) is 1.09. The van der Waals surface area contributed by atoms with Crippen molar-refractivity contribution in [3.63, 3.8) is 0 Å². The van der Waals surface area contributed by atoms with Gasteiger partial charge in [0, 0.05) is 24.4 Å². The van der Waals surface area contributed by atoms with Crippen LogP contribution < -0.4 is 10.1 Å². The smallest absolute Gasteiger partial charge is 0.320 e. The van der Waals surface area contributed by atoms with Crippen molar-refractivity contribution in [3.05, 3.63) is 58.8 Å². The number of aromatic nitrogens is 3. The van der Waals surface area contributed by atoms with Gasteiger partial charge in [0.25, 0.3) is 5.89 Å². The minimum Gasteiger partial charge on any atom is -0.474 e. The highest BCUT2D eigenvalue weighted by Crippen LogP contribution is 2.28. The van der Waals surface area contributed by atoms with E-state index in [1.807, 2.05) is 0 Å². The minimum absolute atomic E-state index is 0.0128. The van der Waals surface area contributed by atoms with Crippen LogP contribution in [0.1, 0.15) is 41.9 Å². The molecule has 0 bridgehead atoms. The Morgan fingerprint density at radius 2 is 1.97 bits per heavy atom. The van der Waals surface area contributed by atoms with Crippen LogP contribution in [0.5, 0.6) is 5.88 Å². The summed E-state index contributed by atoms with van der Waals surface area (Å²) in [6, 6.07) is 7.44. The van der Waals surface area contributed by atoms with Gasteiger partial charge in [0.2, 0.25) is 11.7 Å². The predicted molar refractivity (Wildman–Crippen MR) is 120 cm³/mol. The number of nitrogens with one attached hydrogen (secondary N) is 1. The molecule has 178 valence electrons. The van der Waals surface area contributed by atoms with E-state index in [2.05, 4.69) is 20.5 Å². The first kappa shape index (κ1) is 23.6. The molecule has 0 unspecified atom stereocenters. The molecule has 2 heterocycles. The molecule has 1 aliphatic rings. The lowest BCUT2D eigenvalue weighted by Crippen LogP contribution is -2.28. The number of hydrogen-bond donors (Lipinski definition) is 1. The van der Waals surface area contributed by atoms with Crippen molar-refractivity contribution >= 4 is 35.1 Å². The lowest BCUT2D eigenvalue weighted by molar-refractivity contribution is -0.147. The molecule has 34 heavy (non-hydrogen) atoms. The zero-order valence-corrected chi connectivity index (χ0v) is 19.0. The SMILES string of the molecule is COC(=O)C1CCC(Oc2ccc(CC(=O)c3nnc(Nc4ccc(F)c(Cl)c4)o3)cn2)CC1. The summed E-state index contributed by atoms with van der Waals surface area (Å²) in [5.74, 6) is -0.882. The fourth-order valence-electron chi connectivity index (χ4n) is 3.68. The lowest BCUT2D eigenvalue weighted by Gasteiger charge is -2.27. The first-order valence-corrected chi connectivity index (χ1v) is 11.1. The quantitative estimate of drug-likeness (QED) is 0.360. The van der Waals surface area contributed by atoms with Gasteiger partial charge < -0.3 is 19.2 Å². The highest BCUT2D eigenvalue weighted by atomic mass is 35.5. The summed E-state index contributed by atoms with van der Waals surface area (Å²) in [6.45, 7) is 0. The number of rotatable bonds is 8. The fraction of sp³-hybridized carbons (Fsp3) is 0.348. The number of halogens is 2. The van der Waals surface area contributed by atoms with E-state index < -0.39 is 5.82 Å². The molecule has 1 N–H and O–H groups in total. The molecule has 4 rings (SSSR count). The van der Waals surface area contributed by atoms with Crippen molar-refractivity contribution in [2.45, 2.75) is 38.2 Å². The van der Waals surface area contributed by atoms with Crippen molar-refractivity contribution in [1.29, 1.82) is 0 Å². The standard InChI is InChI=1S/C23H22ClFN4O5/c1-32-22(31)14-3-6-16(7-4-14)33-20-9-2-13(12-26-20)10-19(30)21-28-29-23(34-21)27-15-5-8-18(25)17(24)11-15/h2,5,8-9,11-12,14,16H,3-4,6-7,10H2,1H3,(H,27,29). The number of ketones is 1. The summed E-state index contributed by atoms with van der Waals surface area (Å²) in [4.78, 5) is 28.4. The summed E-state index contributed by atoms with van der Waals surface area (Å²) in [5, 5.41) is 10.2. The zero-order valence-electron chi connectivity index (χ0n) is 18.3. The molecule has 1 fully saturated rings. The Morgan fingerprint density at radius 3 is 2.65 bits per heavy atom. The number of carbonyl (C=O) groups excluding carboxylic acids is 2. The van der Waals surface area contributed by atoms with E-state index >= 15 is 0 Å². The average molecular weight is 489 g/mol. The van der Waals surface area contributed by atoms with Crippen LogP contribution in [0.15, 0.2) is 40.9 Å². The lowest BCUT2D eigenvalue weighted by atomic mass is 9.87. The van der Waals surface area contributed by atoms with Gasteiger partial charge in [0.15, 0.2) is 0 Å². The third-order valence-electron chi connectivity index (χ3n) is 5.49. The van der Waals surface area contributed by atoms with Gasteiger partial charge in [-0.1, -0.05) is 22.8 Å². The van der Waals surface area contributed by atoms with Crippen LogP contribution in [0.25, 0.3) is 0 Å². The fourth-order valence-corrected chi connectivity index (χ4v) is 3.86. The predicted octanol–water partition coefficient (Wildman–Crippen LogP) is 4.54. The van der Waals surface area contributed by atoms with Crippen molar-refractivity contribution in [2.75, 3.05) is 12.4 Å². The average Bonchev–Trinajstić information content (AvgIpc) is 3.31. The molecule has 0 spiro atoms. The Balaban J connectivity index is 1.28. The van der Waals surface area contributed by atoms with Gasteiger partial charge in [-0.3, -0.25) is 9.59 Å². The first-order chi connectivity index (χ1) is 16.4. The molecule has 11 heteroatoms. The molecule has 0 radical (unpaired) electrons. The molecule has 1 aromatic carbocycles. The number of nitrogens with zero attached hydrogens (tertiary/aromatic N) is 3. The number of ether oxygens (including phenoxy) is 2. The van der Waals surface area contributed by atoms with Crippen LogP contribution >= 0.6 is 11.6 Å². The van der Waals surface area contributed by atoms with Gasteiger partial charge in [0.05, 0.1) is 18.1 Å². The number of pyridine rings is 1. The van der Waals surface area contributed by atoms with Crippen LogP contribution in [0.2, 0.25) is 5.02 Å². The number of hydrogen-bond acceptors (Lipinski definition) is 9. The maximum absolute atomic E-state index is 13.3. The highest BCUT2D eigenvalue weighted by Gasteiger charge is 2.28. The van der Waals surface area contributed by atoms with Gasteiger partial charge in [-0.05, 0) is 49.4 Å². The zero-order chi connectivity index (χ0) is 24.1. The molecule has 2 aromatic heterocycles. The third kappa shape index (κ3) is 5.88. The summed E-state index contributed by atoms with van der Waals surface area (Å²) in [7, 11) is 1.40. The summed E-state index contributed by atoms with van der Waals surface area (Å²) >= 11 is 5.75. The van der Waals surface area contributed by atoms with Gasteiger partial charge >= 0.3 is 12.0 Å². The second-order valence-electron chi connectivity index (χ2n) is 7.89. The van der Waals surface area contributed by atoms with Crippen molar-refractivity contribution in [2.24, 2.45) is 5.92 Å². The van der Waals surface area contributed by atoms with Gasteiger partial charge in [-0.25, -0.2) is 9.37 Å². The largest absolute Gasteiger partial charge is 0.474 e. The molecule has 9 nitrogen and oxygen atoms in total. The molecular formula is C23H22ClFN4O5. The van der Waals surface area contributed by atoms with E-state index in [0.717, 1.165) is 25.7 Å². The highest BCUT2D eigenvalue weighted by molar-refractivity contribution is 6.31. The second kappa shape index (κ2) is 10.6. The topological polar surface area (TPSA) is 116 Å². The Morgan fingerprint density at radius 1 is 1.18 bits per heavy atom. The van der Waals surface area contributed by atoms with Crippen molar-refractivity contribution in [1.82, 2.24) is 15.2 Å². The Hall–Kier alpha value is -3.53. The molecule has 1 aliphatic carbocycles. The molecule has 0 amide bonds. The molecular weight excluding hydrogens is 467 g/mol. The minimum atomic E-state index is -0.551. The molecule has 0 saturated heterocycles. The molecule has 0 atom stereocenters. The molecule has 1 saturated carbocycles. The summed E-state index contributed by atoms with van der Waals surface area (Å²) in [6.07, 6.45) is 4.50. The van der Waals surface area contributed by atoms with Gasteiger partial charge in [0.1, 0.15) is 11.9 Å². The Bertz CT molecular complexity index is 1160. The maximum Gasteiger partial charge on any atom is 0.320 e. The van der Waals surface area contributed by atoms with Crippen LogP contribution in [0.3, 0.4) is 0 Å². The van der Waals surface area contributed by atoms with Crippen LogP contribution in [-0.2, 0) is 16.0 Å². The van der Waals surface area contributed by atoms with E-state index in [9.17, 15) is 14.0 Å². The number of benzene rings is 1. The van der Waals surface area contributed by atoms with Gasteiger partial charge in [-0.15, -0.1) is 5.10 Å². The third-order valence-corrected chi connectivity index (χ3v) is 5.78. The van der Waals surface area contributed by atoms with E-state index in [1.54, 1.807) is 18.3 Å². The number of esters is 1. The Labute approximate surface area is 199 Å². The van der Waals surface area contributed by atoms with Gasteiger partial charge in [-0.2, -0.15) is 0 Å². The van der Waals surface area contributed by atoms with Crippen molar-refractivity contribution in [3.8, 4) is 5.88 Å². The van der Waals surface area contributed by atoms with Crippen LogP contribution in [0.4, 0.5) is 16.1 Å². The van der Waals surface area contributed by atoms with Crippen LogP contribution in [-0.4, -0.2) is 40.1 Å². The maximum atomic E-state index is 13.3. The van der Waals surface area contributed by atoms with Crippen molar-refractivity contribution < 1.29 is 27.9 Å². The molecule has 3 aromatic rings. The number of anilines is 2.